The Morgan fingerprint density at radius 3 is 2.39 bits per heavy atom. The Morgan fingerprint density at radius 1 is 1.04 bits per heavy atom. The van der Waals surface area contributed by atoms with Crippen LogP contribution >= 0.6 is 0 Å². The summed E-state index contributed by atoms with van der Waals surface area (Å²) in [6.45, 7) is 2.15. The van der Waals surface area contributed by atoms with Gasteiger partial charge in [0.2, 0.25) is 0 Å². The number of carbonyl (C=O) groups excluding carboxylic acids is 3. The van der Waals surface area contributed by atoms with E-state index in [9.17, 15) is 14.4 Å². The average molecular weight is 382 g/mol. The lowest BCUT2D eigenvalue weighted by Crippen LogP contribution is -2.22. The molecule has 1 aliphatic heterocycles. The first-order valence-electron chi connectivity index (χ1n) is 8.47. The lowest BCUT2D eigenvalue weighted by atomic mass is 10.1. The van der Waals surface area contributed by atoms with E-state index in [2.05, 4.69) is 10.6 Å². The second-order valence-electron chi connectivity index (χ2n) is 5.72. The molecule has 8 heteroatoms. The first kappa shape index (κ1) is 19.0. The number of benzene rings is 2. The summed E-state index contributed by atoms with van der Waals surface area (Å²) in [6.07, 6.45) is 1.50. The molecule has 1 aliphatic rings. The lowest BCUT2D eigenvalue weighted by Gasteiger charge is -2.12. The number of hydrogen-bond donors (Lipinski definition) is 2. The summed E-state index contributed by atoms with van der Waals surface area (Å²) >= 11 is 0. The fourth-order valence-corrected chi connectivity index (χ4v) is 2.50. The molecule has 2 N–H and O–H groups in total. The van der Waals surface area contributed by atoms with Crippen LogP contribution in [-0.4, -0.2) is 31.6 Å². The molecule has 3 amide bonds. The molecule has 2 aromatic rings. The van der Waals surface area contributed by atoms with Crippen molar-refractivity contribution in [1.82, 2.24) is 10.6 Å². The van der Waals surface area contributed by atoms with Crippen LogP contribution in [0.25, 0.3) is 6.08 Å². The first-order valence-corrected chi connectivity index (χ1v) is 8.47. The van der Waals surface area contributed by atoms with Crippen LogP contribution in [0.2, 0.25) is 0 Å². The van der Waals surface area contributed by atoms with Gasteiger partial charge in [0.25, 0.3) is 5.91 Å². The van der Waals surface area contributed by atoms with Gasteiger partial charge in [0.1, 0.15) is 11.4 Å². The monoisotopic (exact) mass is 382 g/mol. The fraction of sp³-hybridized carbons (Fsp3) is 0.150. The largest absolute Gasteiger partial charge is 0.497 e. The zero-order chi connectivity index (χ0) is 20.1. The standard InChI is InChI=1S/C20H18N2O6/c1-3-27-17-11-12(10-15-18(23)22-20(25)21-15)4-9-16(17)28-19(24)13-5-7-14(26-2)8-6-13/h4-11H,3H2,1-2H3,(H2,21,22,23,25)/b15-10-. The van der Waals surface area contributed by atoms with E-state index < -0.39 is 17.9 Å². The van der Waals surface area contributed by atoms with Crippen molar-refractivity contribution >= 4 is 24.0 Å². The average Bonchev–Trinajstić information content (AvgIpc) is 3.01. The maximum Gasteiger partial charge on any atom is 0.343 e. The molecule has 0 aliphatic carbocycles. The topological polar surface area (TPSA) is 103 Å². The number of carbonyl (C=O) groups is 3. The molecule has 8 nitrogen and oxygen atoms in total. The number of amides is 3. The van der Waals surface area contributed by atoms with Crippen molar-refractivity contribution in [3.8, 4) is 17.2 Å². The van der Waals surface area contributed by atoms with Gasteiger partial charge in [0.05, 0.1) is 19.3 Å². The highest BCUT2D eigenvalue weighted by Gasteiger charge is 2.23. The van der Waals surface area contributed by atoms with E-state index >= 15 is 0 Å². The van der Waals surface area contributed by atoms with Crippen LogP contribution in [0.4, 0.5) is 4.79 Å². The molecule has 1 heterocycles. The first-order chi connectivity index (χ1) is 13.5. The van der Waals surface area contributed by atoms with E-state index in [0.29, 0.717) is 29.2 Å². The molecule has 0 saturated carbocycles. The van der Waals surface area contributed by atoms with Crippen LogP contribution in [0.3, 0.4) is 0 Å². The van der Waals surface area contributed by atoms with Gasteiger partial charge in [-0.2, -0.15) is 0 Å². The summed E-state index contributed by atoms with van der Waals surface area (Å²) < 4.78 is 16.1. The van der Waals surface area contributed by atoms with E-state index in [1.807, 2.05) is 0 Å². The van der Waals surface area contributed by atoms with E-state index in [1.54, 1.807) is 56.5 Å². The van der Waals surface area contributed by atoms with Crippen LogP contribution < -0.4 is 24.8 Å². The number of esters is 1. The molecule has 144 valence electrons. The number of rotatable bonds is 6. The highest BCUT2D eigenvalue weighted by Crippen LogP contribution is 2.30. The Labute approximate surface area is 161 Å². The molecule has 28 heavy (non-hydrogen) atoms. The summed E-state index contributed by atoms with van der Waals surface area (Å²) in [7, 11) is 1.54. The molecular formula is C20H18N2O6. The number of nitrogens with one attached hydrogen (secondary N) is 2. The third-order valence-electron chi connectivity index (χ3n) is 3.83. The molecule has 0 aromatic heterocycles. The minimum atomic E-state index is -0.577. The lowest BCUT2D eigenvalue weighted by molar-refractivity contribution is -0.115. The molecule has 0 spiro atoms. The summed E-state index contributed by atoms with van der Waals surface area (Å²) in [4.78, 5) is 35.2. The van der Waals surface area contributed by atoms with E-state index in [0.717, 1.165) is 0 Å². The predicted octanol–water partition coefficient (Wildman–Crippen LogP) is 2.49. The van der Waals surface area contributed by atoms with Crippen LogP contribution in [0, 0.1) is 0 Å². The van der Waals surface area contributed by atoms with Gasteiger partial charge in [-0.1, -0.05) is 6.07 Å². The second kappa shape index (κ2) is 8.26. The Bertz CT molecular complexity index is 950. The van der Waals surface area contributed by atoms with Crippen LogP contribution in [-0.2, 0) is 4.79 Å². The molecule has 0 radical (unpaired) electrons. The molecule has 0 unspecified atom stereocenters. The van der Waals surface area contributed by atoms with E-state index in [-0.39, 0.29) is 11.4 Å². The Morgan fingerprint density at radius 2 is 1.79 bits per heavy atom. The zero-order valence-corrected chi connectivity index (χ0v) is 15.3. The van der Waals surface area contributed by atoms with Gasteiger partial charge >= 0.3 is 12.0 Å². The van der Waals surface area contributed by atoms with Crippen molar-refractivity contribution in [1.29, 1.82) is 0 Å². The molecule has 1 saturated heterocycles. The smallest absolute Gasteiger partial charge is 0.343 e. The minimum absolute atomic E-state index is 0.121. The van der Waals surface area contributed by atoms with Gasteiger partial charge in [-0.15, -0.1) is 0 Å². The van der Waals surface area contributed by atoms with E-state index in [1.165, 1.54) is 6.08 Å². The Hall–Kier alpha value is -3.81. The Kier molecular flexibility index (Phi) is 5.59. The zero-order valence-electron chi connectivity index (χ0n) is 15.3. The second-order valence-corrected chi connectivity index (χ2v) is 5.72. The summed E-state index contributed by atoms with van der Waals surface area (Å²) in [5.74, 6) is 0.148. The number of imide groups is 1. The van der Waals surface area contributed by atoms with E-state index in [4.69, 9.17) is 14.2 Å². The highest BCUT2D eigenvalue weighted by molar-refractivity contribution is 6.14. The predicted molar refractivity (Wildman–Crippen MR) is 100 cm³/mol. The van der Waals surface area contributed by atoms with Crippen molar-refractivity contribution in [2.24, 2.45) is 0 Å². The van der Waals surface area contributed by atoms with Crippen LogP contribution in [0.1, 0.15) is 22.8 Å². The highest BCUT2D eigenvalue weighted by atomic mass is 16.6. The fourth-order valence-electron chi connectivity index (χ4n) is 2.50. The number of methoxy groups -OCH3 is 1. The van der Waals surface area contributed by atoms with Crippen LogP contribution in [0.5, 0.6) is 17.2 Å². The maximum absolute atomic E-state index is 12.4. The number of ether oxygens (including phenoxy) is 3. The van der Waals surface area contributed by atoms with Gasteiger partial charge in [-0.25, -0.2) is 9.59 Å². The van der Waals surface area contributed by atoms with Crippen molar-refractivity contribution in [2.45, 2.75) is 6.92 Å². The van der Waals surface area contributed by atoms with Gasteiger partial charge in [-0.3, -0.25) is 10.1 Å². The van der Waals surface area contributed by atoms with Gasteiger partial charge in [-0.05, 0) is 55.0 Å². The van der Waals surface area contributed by atoms with Gasteiger partial charge in [0.15, 0.2) is 11.5 Å². The third-order valence-corrected chi connectivity index (χ3v) is 3.83. The molecule has 1 fully saturated rings. The summed E-state index contributed by atoms with van der Waals surface area (Å²) in [5, 5.41) is 4.53. The summed E-state index contributed by atoms with van der Waals surface area (Å²) in [5.41, 5.74) is 1.08. The van der Waals surface area contributed by atoms with Gasteiger partial charge < -0.3 is 19.5 Å². The Balaban J connectivity index is 1.82. The molecule has 2 aromatic carbocycles. The SMILES string of the molecule is CCOc1cc(/C=C2\NC(=O)NC2=O)ccc1OC(=O)c1ccc(OC)cc1. The maximum atomic E-state index is 12.4. The third kappa shape index (κ3) is 4.29. The normalized spacial score (nSPS) is 14.4. The van der Waals surface area contributed by atoms with Crippen molar-refractivity contribution in [3.05, 3.63) is 59.3 Å². The van der Waals surface area contributed by atoms with Crippen LogP contribution in [0.15, 0.2) is 48.2 Å². The molecular weight excluding hydrogens is 364 g/mol. The van der Waals surface area contributed by atoms with Crippen molar-refractivity contribution in [3.63, 3.8) is 0 Å². The van der Waals surface area contributed by atoms with Crippen molar-refractivity contribution < 1.29 is 28.6 Å². The number of hydrogen-bond acceptors (Lipinski definition) is 6. The summed E-state index contributed by atoms with van der Waals surface area (Å²) in [6, 6.07) is 10.8. The quantitative estimate of drug-likeness (QED) is 0.344. The molecule has 0 bridgehead atoms. The van der Waals surface area contributed by atoms with Gasteiger partial charge in [0, 0.05) is 0 Å². The molecule has 0 atom stereocenters. The molecule has 3 rings (SSSR count). The van der Waals surface area contributed by atoms with Crippen molar-refractivity contribution in [2.75, 3.05) is 13.7 Å². The number of urea groups is 1. The minimum Gasteiger partial charge on any atom is -0.497 e.